The van der Waals surface area contributed by atoms with Crippen molar-refractivity contribution in [1.82, 2.24) is 10.2 Å². The summed E-state index contributed by atoms with van der Waals surface area (Å²) in [6, 6.07) is 5.83. The summed E-state index contributed by atoms with van der Waals surface area (Å²) in [5, 5.41) is 3.14. The van der Waals surface area contributed by atoms with Crippen molar-refractivity contribution in [2.75, 3.05) is 33.3 Å². The number of carbonyl (C=O) groups is 1. The summed E-state index contributed by atoms with van der Waals surface area (Å²) in [5.41, 5.74) is 0.475. The van der Waals surface area contributed by atoms with E-state index in [1.807, 2.05) is 7.05 Å². The predicted octanol–water partition coefficient (Wildman–Crippen LogP) is 3.09. The van der Waals surface area contributed by atoms with Crippen LogP contribution >= 0.6 is 0 Å². The minimum Gasteiger partial charge on any atom is -0.484 e. The fourth-order valence-corrected chi connectivity index (χ4v) is 2.81. The molecule has 0 atom stereocenters. The van der Waals surface area contributed by atoms with Crippen LogP contribution < -0.4 is 10.1 Å². The molecule has 0 bridgehead atoms. The Kier molecular flexibility index (Phi) is 6.48. The number of likely N-dealkylation sites (tertiary alicyclic amines) is 1. The van der Waals surface area contributed by atoms with Crippen LogP contribution in [0.5, 0.6) is 5.75 Å². The molecule has 1 fully saturated rings. The number of nitrogens with one attached hydrogen (secondary N) is 1. The summed E-state index contributed by atoms with van der Waals surface area (Å²) in [6.45, 7) is 1.09. The number of benzene rings is 1. The minimum absolute atomic E-state index is 0.0792. The molecular formula is C17H23F3N2O2. The van der Waals surface area contributed by atoms with Crippen LogP contribution in [-0.4, -0.2) is 50.3 Å². The first-order valence-corrected chi connectivity index (χ1v) is 8.12. The molecule has 1 heterocycles. The summed E-state index contributed by atoms with van der Waals surface area (Å²) >= 11 is 0. The second-order valence-corrected chi connectivity index (χ2v) is 6.06. The highest BCUT2D eigenvalue weighted by Crippen LogP contribution is 2.23. The number of nitrogens with zero attached hydrogens (tertiary/aromatic N) is 1. The number of piperidine rings is 1. The highest BCUT2D eigenvalue weighted by molar-refractivity contribution is 5.94. The van der Waals surface area contributed by atoms with Crippen molar-refractivity contribution >= 4 is 5.91 Å². The largest absolute Gasteiger partial charge is 0.484 e. The van der Waals surface area contributed by atoms with Crippen LogP contribution in [0, 0.1) is 5.92 Å². The maximum absolute atomic E-state index is 12.4. The van der Waals surface area contributed by atoms with Crippen LogP contribution in [-0.2, 0) is 0 Å². The van der Waals surface area contributed by atoms with E-state index in [1.54, 1.807) is 4.90 Å². The molecule has 24 heavy (non-hydrogen) atoms. The monoisotopic (exact) mass is 344 g/mol. The van der Waals surface area contributed by atoms with Crippen LogP contribution in [0.3, 0.4) is 0 Å². The molecule has 0 aliphatic carbocycles. The van der Waals surface area contributed by atoms with E-state index in [1.165, 1.54) is 24.3 Å². The van der Waals surface area contributed by atoms with E-state index < -0.39 is 12.8 Å². The second kappa shape index (κ2) is 8.37. The molecule has 0 unspecified atom stereocenters. The normalized spacial score (nSPS) is 16.2. The van der Waals surface area contributed by atoms with Crippen molar-refractivity contribution < 1.29 is 22.7 Å². The number of hydrogen-bond donors (Lipinski definition) is 1. The quantitative estimate of drug-likeness (QED) is 0.862. The topological polar surface area (TPSA) is 41.6 Å². The number of halogens is 3. The van der Waals surface area contributed by atoms with Gasteiger partial charge in [-0.1, -0.05) is 0 Å². The Morgan fingerprint density at radius 2 is 1.88 bits per heavy atom. The van der Waals surface area contributed by atoms with Crippen molar-refractivity contribution in [2.24, 2.45) is 5.92 Å². The molecule has 0 radical (unpaired) electrons. The molecule has 0 spiro atoms. The van der Waals surface area contributed by atoms with E-state index >= 15 is 0 Å². The third-order valence-electron chi connectivity index (χ3n) is 4.21. The molecule has 7 heteroatoms. The zero-order valence-electron chi connectivity index (χ0n) is 13.7. The van der Waals surface area contributed by atoms with Gasteiger partial charge in [0.2, 0.25) is 0 Å². The van der Waals surface area contributed by atoms with Gasteiger partial charge < -0.3 is 15.0 Å². The molecule has 1 amide bonds. The molecule has 1 aliphatic rings. The maximum Gasteiger partial charge on any atom is 0.422 e. The first-order chi connectivity index (χ1) is 11.4. The van der Waals surface area contributed by atoms with Crippen LogP contribution in [0.2, 0.25) is 0 Å². The molecule has 1 saturated heterocycles. The van der Waals surface area contributed by atoms with Crippen LogP contribution in [0.25, 0.3) is 0 Å². The Bertz CT molecular complexity index is 524. The Morgan fingerprint density at radius 1 is 1.25 bits per heavy atom. The third kappa shape index (κ3) is 5.70. The van der Waals surface area contributed by atoms with E-state index in [0.717, 1.165) is 38.9 Å². The number of carbonyl (C=O) groups excluding carboxylic acids is 1. The first-order valence-electron chi connectivity index (χ1n) is 8.12. The molecule has 1 N–H and O–H groups in total. The lowest BCUT2D eigenvalue weighted by Crippen LogP contribution is -2.38. The minimum atomic E-state index is -4.37. The third-order valence-corrected chi connectivity index (χ3v) is 4.21. The summed E-state index contributed by atoms with van der Waals surface area (Å²) < 4.78 is 41.0. The summed E-state index contributed by atoms with van der Waals surface area (Å²) in [7, 11) is 1.93. The van der Waals surface area contributed by atoms with Crippen molar-refractivity contribution in [3.63, 3.8) is 0 Å². The Hall–Kier alpha value is -1.76. The lowest BCUT2D eigenvalue weighted by molar-refractivity contribution is -0.153. The number of amides is 1. The van der Waals surface area contributed by atoms with E-state index in [2.05, 4.69) is 10.1 Å². The van der Waals surface area contributed by atoms with Gasteiger partial charge in [0.15, 0.2) is 6.61 Å². The number of alkyl halides is 3. The zero-order valence-corrected chi connectivity index (χ0v) is 13.7. The lowest BCUT2D eigenvalue weighted by atomic mass is 9.93. The number of ether oxygens (including phenoxy) is 1. The van der Waals surface area contributed by atoms with E-state index in [0.29, 0.717) is 11.5 Å². The van der Waals surface area contributed by atoms with Gasteiger partial charge in [-0.3, -0.25) is 4.79 Å². The van der Waals surface area contributed by atoms with E-state index in [-0.39, 0.29) is 11.7 Å². The Balaban J connectivity index is 1.84. The standard InChI is InChI=1S/C17H23F3N2O2/c1-21-9-6-13-7-10-22(11-8-13)16(23)14-2-4-15(5-3-14)24-12-17(18,19)20/h2-5,13,21H,6-12H2,1H3. The second-order valence-electron chi connectivity index (χ2n) is 6.06. The van der Waals surface area contributed by atoms with Gasteiger partial charge in [0.25, 0.3) is 5.91 Å². The van der Waals surface area contributed by atoms with Gasteiger partial charge in [0.05, 0.1) is 0 Å². The van der Waals surface area contributed by atoms with Gasteiger partial charge in [-0.2, -0.15) is 13.2 Å². The first kappa shape index (κ1) is 18.6. The highest BCUT2D eigenvalue weighted by atomic mass is 19.4. The smallest absolute Gasteiger partial charge is 0.422 e. The van der Waals surface area contributed by atoms with Crippen molar-refractivity contribution in [3.05, 3.63) is 29.8 Å². The number of hydrogen-bond acceptors (Lipinski definition) is 3. The van der Waals surface area contributed by atoms with Crippen molar-refractivity contribution in [2.45, 2.75) is 25.4 Å². The summed E-state index contributed by atoms with van der Waals surface area (Å²) in [5.74, 6) is 0.665. The van der Waals surface area contributed by atoms with Gasteiger partial charge in [-0.25, -0.2) is 0 Å². The molecule has 1 aliphatic heterocycles. The molecule has 4 nitrogen and oxygen atoms in total. The summed E-state index contributed by atoms with van der Waals surface area (Å²) in [4.78, 5) is 14.2. The maximum atomic E-state index is 12.4. The molecule has 1 aromatic rings. The van der Waals surface area contributed by atoms with Crippen molar-refractivity contribution in [3.8, 4) is 5.75 Å². The fourth-order valence-electron chi connectivity index (χ4n) is 2.81. The van der Waals surface area contributed by atoms with Crippen LogP contribution in [0.1, 0.15) is 29.6 Å². The van der Waals surface area contributed by atoms with Gasteiger partial charge in [-0.15, -0.1) is 0 Å². The lowest BCUT2D eigenvalue weighted by Gasteiger charge is -2.32. The van der Waals surface area contributed by atoms with E-state index in [4.69, 9.17) is 0 Å². The van der Waals surface area contributed by atoms with Gasteiger partial charge in [0.1, 0.15) is 5.75 Å². The van der Waals surface area contributed by atoms with Crippen LogP contribution in [0.4, 0.5) is 13.2 Å². The average molecular weight is 344 g/mol. The van der Waals surface area contributed by atoms with Gasteiger partial charge in [-0.05, 0) is 63.0 Å². The number of rotatable bonds is 6. The molecule has 134 valence electrons. The molecule has 0 saturated carbocycles. The Labute approximate surface area is 140 Å². The zero-order chi connectivity index (χ0) is 17.6. The SMILES string of the molecule is CNCCC1CCN(C(=O)c2ccc(OCC(F)(F)F)cc2)CC1. The molecule has 0 aromatic heterocycles. The van der Waals surface area contributed by atoms with Crippen molar-refractivity contribution in [1.29, 1.82) is 0 Å². The highest BCUT2D eigenvalue weighted by Gasteiger charge is 2.28. The van der Waals surface area contributed by atoms with Crippen LogP contribution in [0.15, 0.2) is 24.3 Å². The molecule has 1 aromatic carbocycles. The summed E-state index contributed by atoms with van der Waals surface area (Å²) in [6.07, 6.45) is -1.28. The predicted molar refractivity (Wildman–Crippen MR) is 85.2 cm³/mol. The fraction of sp³-hybridized carbons (Fsp3) is 0.588. The Morgan fingerprint density at radius 3 is 2.42 bits per heavy atom. The van der Waals surface area contributed by atoms with Gasteiger partial charge >= 0.3 is 6.18 Å². The molecule has 2 rings (SSSR count). The van der Waals surface area contributed by atoms with E-state index in [9.17, 15) is 18.0 Å². The van der Waals surface area contributed by atoms with Gasteiger partial charge in [0, 0.05) is 18.7 Å². The average Bonchev–Trinajstić information content (AvgIpc) is 2.58. The molecular weight excluding hydrogens is 321 g/mol.